The molecule has 0 aliphatic carbocycles. The Morgan fingerprint density at radius 1 is 1.19 bits per heavy atom. The number of nitrogens with one attached hydrogen (secondary N) is 1. The lowest BCUT2D eigenvalue weighted by Gasteiger charge is -2.22. The number of carbonyl (C=O) groups excluding carboxylic acids is 2. The van der Waals surface area contributed by atoms with Crippen LogP contribution in [-0.2, 0) is 26.2 Å². The molecule has 0 spiro atoms. The Morgan fingerprint density at radius 3 is 2.42 bits per heavy atom. The summed E-state index contributed by atoms with van der Waals surface area (Å²) in [4.78, 5) is 24.4. The number of sulfonamides is 1. The SMILES string of the molecule is CCN(Cc1cccc(NC(=O)CN(C)S(=O)(=O)c2ccc(Cl)s2)c1)C(=O)C(F)(F)F. The van der Waals surface area contributed by atoms with E-state index in [1.165, 1.54) is 50.4 Å². The van der Waals surface area contributed by atoms with Crippen LogP contribution in [0.25, 0.3) is 0 Å². The number of benzene rings is 1. The van der Waals surface area contributed by atoms with Crippen molar-refractivity contribution in [1.29, 1.82) is 0 Å². The molecule has 2 aromatic rings. The van der Waals surface area contributed by atoms with Crippen molar-refractivity contribution >= 4 is 50.5 Å². The smallest absolute Gasteiger partial charge is 0.331 e. The van der Waals surface area contributed by atoms with Gasteiger partial charge in [-0.05, 0) is 36.8 Å². The van der Waals surface area contributed by atoms with Crippen molar-refractivity contribution in [1.82, 2.24) is 9.21 Å². The van der Waals surface area contributed by atoms with Crippen LogP contribution in [0.4, 0.5) is 18.9 Å². The molecule has 0 aliphatic rings. The molecule has 170 valence electrons. The van der Waals surface area contributed by atoms with Gasteiger partial charge in [-0.3, -0.25) is 9.59 Å². The molecule has 1 heterocycles. The van der Waals surface area contributed by atoms with Crippen molar-refractivity contribution in [2.75, 3.05) is 25.5 Å². The zero-order valence-corrected chi connectivity index (χ0v) is 18.8. The molecule has 2 rings (SSSR count). The van der Waals surface area contributed by atoms with E-state index in [2.05, 4.69) is 5.32 Å². The summed E-state index contributed by atoms with van der Waals surface area (Å²) in [5, 5.41) is 2.50. The van der Waals surface area contributed by atoms with E-state index < -0.39 is 34.6 Å². The number of likely N-dealkylation sites (N-methyl/N-ethyl adjacent to an activating group) is 1. The zero-order chi connectivity index (χ0) is 23.4. The first-order valence-corrected chi connectivity index (χ1v) is 11.4. The summed E-state index contributed by atoms with van der Waals surface area (Å²) >= 11 is 6.62. The van der Waals surface area contributed by atoms with Gasteiger partial charge in [-0.25, -0.2) is 8.42 Å². The number of rotatable bonds is 8. The maximum Gasteiger partial charge on any atom is 0.471 e. The molecule has 0 saturated carbocycles. The van der Waals surface area contributed by atoms with Crippen molar-refractivity contribution in [3.8, 4) is 0 Å². The Kier molecular flexibility index (Phi) is 8.09. The maximum absolute atomic E-state index is 12.7. The minimum atomic E-state index is -4.98. The van der Waals surface area contributed by atoms with Crippen LogP contribution in [0, 0.1) is 0 Å². The minimum Gasteiger partial charge on any atom is -0.331 e. The van der Waals surface area contributed by atoms with Crippen LogP contribution < -0.4 is 5.32 Å². The highest BCUT2D eigenvalue weighted by molar-refractivity contribution is 7.91. The van der Waals surface area contributed by atoms with Gasteiger partial charge in [-0.1, -0.05) is 23.7 Å². The average Bonchev–Trinajstić information content (AvgIpc) is 3.12. The highest BCUT2D eigenvalue weighted by Crippen LogP contribution is 2.27. The maximum atomic E-state index is 12.7. The molecule has 31 heavy (non-hydrogen) atoms. The Labute approximate surface area is 186 Å². The van der Waals surface area contributed by atoms with Crippen LogP contribution >= 0.6 is 22.9 Å². The number of amides is 2. The van der Waals surface area contributed by atoms with Gasteiger partial charge in [-0.15, -0.1) is 11.3 Å². The van der Waals surface area contributed by atoms with Crippen LogP contribution in [-0.4, -0.2) is 55.8 Å². The fraction of sp³-hybridized carbons (Fsp3) is 0.333. The van der Waals surface area contributed by atoms with E-state index in [1.807, 2.05) is 0 Å². The molecule has 1 aromatic heterocycles. The third kappa shape index (κ3) is 6.66. The summed E-state index contributed by atoms with van der Waals surface area (Å²) in [6.45, 7) is 0.484. The molecular weight excluding hydrogens is 479 g/mol. The second kappa shape index (κ2) is 9.98. The molecule has 0 atom stereocenters. The first kappa shape index (κ1) is 25.1. The number of anilines is 1. The number of carbonyl (C=O) groups is 2. The van der Waals surface area contributed by atoms with E-state index in [0.717, 1.165) is 15.6 Å². The molecule has 1 aromatic carbocycles. The van der Waals surface area contributed by atoms with E-state index in [1.54, 1.807) is 0 Å². The molecular formula is C18H19ClF3N3O4S2. The third-order valence-electron chi connectivity index (χ3n) is 4.07. The lowest BCUT2D eigenvalue weighted by molar-refractivity contribution is -0.185. The third-order valence-corrected chi connectivity index (χ3v) is 7.58. The Morgan fingerprint density at radius 2 is 1.87 bits per heavy atom. The largest absolute Gasteiger partial charge is 0.471 e. The van der Waals surface area contributed by atoms with Crippen molar-refractivity contribution in [3.05, 3.63) is 46.3 Å². The number of halogens is 4. The van der Waals surface area contributed by atoms with Crippen LogP contribution in [0.2, 0.25) is 4.34 Å². The van der Waals surface area contributed by atoms with Gasteiger partial charge in [0.05, 0.1) is 10.9 Å². The van der Waals surface area contributed by atoms with Gasteiger partial charge in [0.1, 0.15) is 4.21 Å². The Balaban J connectivity index is 2.05. The number of thiophene rings is 1. The van der Waals surface area contributed by atoms with Gasteiger partial charge >= 0.3 is 12.1 Å². The van der Waals surface area contributed by atoms with Crippen LogP contribution in [0.3, 0.4) is 0 Å². The summed E-state index contributed by atoms with van der Waals surface area (Å²) in [7, 11) is -2.66. The highest BCUT2D eigenvalue weighted by Gasteiger charge is 2.41. The van der Waals surface area contributed by atoms with Gasteiger partial charge in [0, 0.05) is 25.8 Å². The first-order valence-electron chi connectivity index (χ1n) is 8.81. The molecule has 0 aliphatic heterocycles. The van der Waals surface area contributed by atoms with Crippen LogP contribution in [0.5, 0.6) is 0 Å². The second-order valence-electron chi connectivity index (χ2n) is 6.39. The first-order chi connectivity index (χ1) is 14.3. The molecule has 0 radical (unpaired) electrons. The second-order valence-corrected chi connectivity index (χ2v) is 10.4. The lowest BCUT2D eigenvalue weighted by atomic mass is 10.2. The summed E-state index contributed by atoms with van der Waals surface area (Å²) in [5.41, 5.74) is 0.620. The predicted octanol–water partition coefficient (Wildman–Crippen LogP) is 3.57. The summed E-state index contributed by atoms with van der Waals surface area (Å²) in [6, 6.07) is 8.70. The summed E-state index contributed by atoms with van der Waals surface area (Å²) in [5.74, 6) is -2.60. The van der Waals surface area contributed by atoms with E-state index in [9.17, 15) is 31.2 Å². The fourth-order valence-electron chi connectivity index (χ4n) is 2.55. The van der Waals surface area contributed by atoms with Gasteiger partial charge in [-0.2, -0.15) is 17.5 Å². The standard InChI is InChI=1S/C18H19ClF3N3O4S2/c1-3-25(17(27)18(20,21)22)10-12-5-4-6-13(9-12)23-15(26)11-24(2)31(28,29)16-8-7-14(19)30-16/h4-9H,3,10-11H2,1-2H3,(H,23,26). The Bertz CT molecular complexity index is 1060. The van der Waals surface area contributed by atoms with E-state index >= 15 is 0 Å². The summed E-state index contributed by atoms with van der Waals surface area (Å²) in [6.07, 6.45) is -4.98. The van der Waals surface area contributed by atoms with Crippen LogP contribution in [0.15, 0.2) is 40.6 Å². The van der Waals surface area contributed by atoms with E-state index in [4.69, 9.17) is 11.6 Å². The molecule has 7 nitrogen and oxygen atoms in total. The zero-order valence-electron chi connectivity index (χ0n) is 16.4. The monoisotopic (exact) mass is 497 g/mol. The number of hydrogen-bond donors (Lipinski definition) is 1. The quantitative estimate of drug-likeness (QED) is 0.604. The molecule has 13 heteroatoms. The lowest BCUT2D eigenvalue weighted by Crippen LogP contribution is -2.40. The number of hydrogen-bond acceptors (Lipinski definition) is 5. The highest BCUT2D eigenvalue weighted by atomic mass is 35.5. The molecule has 1 N–H and O–H groups in total. The van der Waals surface area contributed by atoms with Crippen molar-refractivity contribution in [2.45, 2.75) is 23.9 Å². The molecule has 0 unspecified atom stereocenters. The van der Waals surface area contributed by atoms with E-state index in [-0.39, 0.29) is 23.0 Å². The fourth-order valence-corrected chi connectivity index (χ4v) is 5.37. The predicted molar refractivity (Wildman–Crippen MR) is 111 cm³/mol. The van der Waals surface area contributed by atoms with Gasteiger partial charge < -0.3 is 10.2 Å². The molecule has 2 amide bonds. The average molecular weight is 498 g/mol. The molecule has 0 fully saturated rings. The number of nitrogens with zero attached hydrogens (tertiary/aromatic N) is 2. The van der Waals surface area contributed by atoms with Gasteiger partial charge in [0.2, 0.25) is 5.91 Å². The summed E-state index contributed by atoms with van der Waals surface area (Å²) < 4.78 is 64.1. The number of alkyl halides is 3. The van der Waals surface area contributed by atoms with Gasteiger partial charge in [0.15, 0.2) is 0 Å². The topological polar surface area (TPSA) is 86.8 Å². The van der Waals surface area contributed by atoms with Gasteiger partial charge in [0.25, 0.3) is 10.0 Å². The van der Waals surface area contributed by atoms with Crippen LogP contribution in [0.1, 0.15) is 12.5 Å². The Hall–Kier alpha value is -2.15. The normalized spacial score (nSPS) is 12.1. The van der Waals surface area contributed by atoms with Crippen molar-refractivity contribution < 1.29 is 31.2 Å². The molecule has 0 saturated heterocycles. The molecule has 0 bridgehead atoms. The minimum absolute atomic E-state index is 0.0104. The van der Waals surface area contributed by atoms with Crippen molar-refractivity contribution in [3.63, 3.8) is 0 Å². The van der Waals surface area contributed by atoms with Crippen molar-refractivity contribution in [2.24, 2.45) is 0 Å². The van der Waals surface area contributed by atoms with E-state index in [0.29, 0.717) is 14.8 Å².